The molecule has 0 heterocycles. The fraction of sp³-hybridized carbons (Fsp3) is 0.895. The minimum atomic E-state index is -2.32. The fourth-order valence-electron chi connectivity index (χ4n) is 9.02. The number of unbranched alkanes of at least 4 members (excludes halogenated alkanes) is 38. The van der Waals surface area contributed by atoms with Crippen LogP contribution in [0.25, 0.3) is 0 Å². The van der Waals surface area contributed by atoms with E-state index in [-0.39, 0.29) is 0 Å². The normalized spacial score (nSPS) is 11.7. The number of hydrogen-bond donors (Lipinski definition) is 2. The quantitative estimate of drug-likeness (QED) is 0.0504. The molecule has 1 aromatic carbocycles. The summed E-state index contributed by atoms with van der Waals surface area (Å²) in [6.07, 6.45) is 58.3. The Bertz CT molecular complexity index is 1010. The van der Waals surface area contributed by atoms with E-state index in [0.29, 0.717) is 5.75 Å². The van der Waals surface area contributed by atoms with Crippen molar-refractivity contribution in [3.8, 4) is 5.75 Å². The molecular formula is C57H113NO4Si. The van der Waals surface area contributed by atoms with Crippen LogP contribution in [-0.4, -0.2) is 41.8 Å². The summed E-state index contributed by atoms with van der Waals surface area (Å²) in [7, 11) is 2.77. The zero-order chi connectivity index (χ0) is 46.0. The van der Waals surface area contributed by atoms with Crippen molar-refractivity contribution in [2.24, 2.45) is 0 Å². The van der Waals surface area contributed by atoms with E-state index in [9.17, 15) is 5.11 Å². The SMILES string of the molecule is CCCCCCCCCCCCCCCCNCc1ccc(CCCCCCCCCCCCCCC)cc1O.CCCCCCCCCCCCCCCC[Si](OC)(OC)OC. The first-order chi connectivity index (χ1) is 31.0. The van der Waals surface area contributed by atoms with Crippen LogP contribution < -0.4 is 5.32 Å². The smallest absolute Gasteiger partial charge is 0.500 e. The number of aryl methyl sites for hydroxylation is 1. The predicted molar refractivity (Wildman–Crippen MR) is 281 cm³/mol. The molecule has 0 aliphatic carbocycles. The predicted octanol–water partition coefficient (Wildman–Crippen LogP) is 18.9. The lowest BCUT2D eigenvalue weighted by molar-refractivity contribution is 0.122. The zero-order valence-electron chi connectivity index (χ0n) is 43.7. The van der Waals surface area contributed by atoms with Crippen LogP contribution in [0.1, 0.15) is 295 Å². The maximum atomic E-state index is 10.5. The Hall–Kier alpha value is -0.923. The molecule has 6 heteroatoms. The number of hydrogen-bond acceptors (Lipinski definition) is 5. The largest absolute Gasteiger partial charge is 0.508 e. The Morgan fingerprint density at radius 3 is 1.02 bits per heavy atom. The molecule has 0 radical (unpaired) electrons. The molecule has 0 fully saturated rings. The minimum absolute atomic E-state index is 0.473. The standard InChI is InChI=1S/C38H71NO.C19H42O3Si/c1-3-5-7-9-11-13-15-17-19-21-23-25-27-29-33-39-35-37-32-31-36(34-38(37)40)30-28-26-24-22-20-18-16-14-12-10-8-6-4-2;1-5-6-7-8-9-10-11-12-13-14-15-16-17-18-19-23(20-2,21-3)22-4/h31-32,34,39-40H,3-30,33,35H2,1-2H3;5-19H2,1-4H3. The van der Waals surface area contributed by atoms with Crippen molar-refractivity contribution >= 4 is 8.80 Å². The third kappa shape index (κ3) is 42.2. The van der Waals surface area contributed by atoms with Crippen LogP contribution in [0.15, 0.2) is 18.2 Å². The molecule has 0 saturated heterocycles. The average Bonchev–Trinajstić information content (AvgIpc) is 3.30. The van der Waals surface area contributed by atoms with Gasteiger partial charge in [0.1, 0.15) is 5.75 Å². The highest BCUT2D eigenvalue weighted by molar-refractivity contribution is 6.60. The summed E-state index contributed by atoms with van der Waals surface area (Å²) in [5, 5.41) is 14.0. The van der Waals surface area contributed by atoms with Gasteiger partial charge in [-0.2, -0.15) is 0 Å². The first-order valence-corrected chi connectivity index (χ1v) is 30.1. The summed E-state index contributed by atoms with van der Waals surface area (Å²) in [5.74, 6) is 0.473. The maximum absolute atomic E-state index is 10.5. The highest BCUT2D eigenvalue weighted by Gasteiger charge is 2.36. The molecule has 63 heavy (non-hydrogen) atoms. The van der Waals surface area contributed by atoms with Gasteiger partial charge in [-0.25, -0.2) is 0 Å². The first-order valence-electron chi connectivity index (χ1n) is 28.2. The summed E-state index contributed by atoms with van der Waals surface area (Å²) >= 11 is 0. The van der Waals surface area contributed by atoms with E-state index in [2.05, 4.69) is 38.2 Å². The number of nitrogens with one attached hydrogen (secondary N) is 1. The van der Waals surface area contributed by atoms with E-state index in [1.165, 1.54) is 262 Å². The average molecular weight is 905 g/mol. The third-order valence-corrected chi connectivity index (χ3v) is 16.3. The molecule has 0 aliphatic heterocycles. The monoisotopic (exact) mass is 904 g/mol. The van der Waals surface area contributed by atoms with Crippen LogP contribution in [0.2, 0.25) is 6.04 Å². The van der Waals surface area contributed by atoms with Gasteiger partial charge < -0.3 is 23.7 Å². The topological polar surface area (TPSA) is 60.0 Å². The van der Waals surface area contributed by atoms with Gasteiger partial charge in [-0.1, -0.05) is 277 Å². The van der Waals surface area contributed by atoms with Crippen molar-refractivity contribution in [1.82, 2.24) is 5.32 Å². The van der Waals surface area contributed by atoms with Crippen LogP contribution in [0.4, 0.5) is 0 Å². The van der Waals surface area contributed by atoms with E-state index in [0.717, 1.165) is 37.5 Å². The summed E-state index contributed by atoms with van der Waals surface area (Å²) in [6.45, 7) is 8.70. The van der Waals surface area contributed by atoms with E-state index >= 15 is 0 Å². The van der Waals surface area contributed by atoms with Gasteiger partial charge in [0, 0.05) is 39.5 Å². The highest BCUT2D eigenvalue weighted by atomic mass is 28.4. The van der Waals surface area contributed by atoms with E-state index < -0.39 is 8.80 Å². The molecule has 0 bridgehead atoms. The first kappa shape index (κ1) is 62.1. The number of phenols is 1. The van der Waals surface area contributed by atoms with Crippen LogP contribution in [-0.2, 0) is 26.2 Å². The summed E-state index contributed by atoms with van der Waals surface area (Å²) in [6, 6.07) is 7.30. The van der Waals surface area contributed by atoms with Gasteiger partial charge in [0.25, 0.3) is 0 Å². The molecule has 0 unspecified atom stereocenters. The van der Waals surface area contributed by atoms with Gasteiger partial charge in [-0.3, -0.25) is 0 Å². The van der Waals surface area contributed by atoms with Crippen LogP contribution in [0.5, 0.6) is 5.75 Å². The lowest BCUT2D eigenvalue weighted by Crippen LogP contribution is -2.42. The van der Waals surface area contributed by atoms with Crippen LogP contribution in [0.3, 0.4) is 0 Å². The summed E-state index contributed by atoms with van der Waals surface area (Å²) < 4.78 is 16.3. The van der Waals surface area contributed by atoms with Gasteiger partial charge in [-0.05, 0) is 43.9 Å². The Morgan fingerprint density at radius 1 is 0.397 bits per heavy atom. The van der Waals surface area contributed by atoms with Gasteiger partial charge in [0.05, 0.1) is 0 Å². The Labute approximate surface area is 396 Å². The molecule has 5 nitrogen and oxygen atoms in total. The maximum Gasteiger partial charge on any atom is 0.500 e. The summed E-state index contributed by atoms with van der Waals surface area (Å²) in [4.78, 5) is 0. The molecule has 0 aromatic heterocycles. The molecule has 1 rings (SSSR count). The fourth-order valence-corrected chi connectivity index (χ4v) is 10.8. The second kappa shape index (κ2) is 50.5. The lowest BCUT2D eigenvalue weighted by Gasteiger charge is -2.24. The Balaban J connectivity index is 0.00000142. The molecule has 0 amide bonds. The Kier molecular flexibility index (Phi) is 49.7. The summed E-state index contributed by atoms with van der Waals surface area (Å²) in [5.41, 5.74) is 2.33. The molecule has 374 valence electrons. The number of benzene rings is 1. The second-order valence-electron chi connectivity index (χ2n) is 19.4. The van der Waals surface area contributed by atoms with Gasteiger partial charge in [0.2, 0.25) is 0 Å². The molecule has 0 spiro atoms. The number of aromatic hydroxyl groups is 1. The zero-order valence-corrected chi connectivity index (χ0v) is 44.7. The number of rotatable bonds is 49. The molecule has 0 atom stereocenters. The number of phenolic OH excluding ortho intramolecular Hbond substituents is 1. The van der Waals surface area contributed by atoms with E-state index in [4.69, 9.17) is 13.3 Å². The van der Waals surface area contributed by atoms with Crippen molar-refractivity contribution in [3.05, 3.63) is 29.3 Å². The Morgan fingerprint density at radius 2 is 0.698 bits per heavy atom. The van der Waals surface area contributed by atoms with Gasteiger partial charge in [0.15, 0.2) is 0 Å². The van der Waals surface area contributed by atoms with E-state index in [1.54, 1.807) is 21.3 Å². The molecular weight excluding hydrogens is 791 g/mol. The lowest BCUT2D eigenvalue weighted by atomic mass is 10.0. The van der Waals surface area contributed by atoms with E-state index in [1.807, 2.05) is 6.07 Å². The third-order valence-electron chi connectivity index (χ3n) is 13.5. The van der Waals surface area contributed by atoms with Crippen LogP contribution >= 0.6 is 0 Å². The van der Waals surface area contributed by atoms with Gasteiger partial charge >= 0.3 is 8.80 Å². The van der Waals surface area contributed by atoms with Crippen molar-refractivity contribution in [3.63, 3.8) is 0 Å². The molecule has 0 saturated carbocycles. The van der Waals surface area contributed by atoms with Crippen molar-refractivity contribution < 1.29 is 18.4 Å². The van der Waals surface area contributed by atoms with Crippen LogP contribution in [0, 0.1) is 0 Å². The molecule has 1 aromatic rings. The minimum Gasteiger partial charge on any atom is -0.508 e. The van der Waals surface area contributed by atoms with Gasteiger partial charge in [-0.15, -0.1) is 0 Å². The van der Waals surface area contributed by atoms with Crippen molar-refractivity contribution in [1.29, 1.82) is 0 Å². The van der Waals surface area contributed by atoms with Crippen molar-refractivity contribution in [2.75, 3.05) is 27.9 Å². The molecule has 2 N–H and O–H groups in total. The molecule has 0 aliphatic rings. The van der Waals surface area contributed by atoms with Crippen molar-refractivity contribution in [2.45, 2.75) is 303 Å². The highest BCUT2D eigenvalue weighted by Crippen LogP contribution is 2.22. The second-order valence-corrected chi connectivity index (χ2v) is 22.5.